The van der Waals surface area contributed by atoms with Gasteiger partial charge in [0.15, 0.2) is 0 Å². The van der Waals surface area contributed by atoms with Crippen LogP contribution in [0.25, 0.3) is 0 Å². The van der Waals surface area contributed by atoms with Crippen LogP contribution in [0.2, 0.25) is 0 Å². The van der Waals surface area contributed by atoms with E-state index in [1.54, 1.807) is 0 Å². The summed E-state index contributed by atoms with van der Waals surface area (Å²) in [7, 11) is 0. The highest BCUT2D eigenvalue weighted by atomic mass is 127. The van der Waals surface area contributed by atoms with Crippen molar-refractivity contribution in [1.29, 1.82) is 0 Å². The van der Waals surface area contributed by atoms with Crippen LogP contribution in [-0.2, 0) is 4.79 Å². The molecule has 0 saturated heterocycles. The Balaban J connectivity index is 3.32. The zero-order valence-electron chi connectivity index (χ0n) is 4.30. The summed E-state index contributed by atoms with van der Waals surface area (Å²) in [5.41, 5.74) is 5.12. The van der Waals surface area contributed by atoms with Gasteiger partial charge in [0.2, 0.25) is 0 Å². The van der Waals surface area contributed by atoms with Gasteiger partial charge in [-0.1, -0.05) is 22.6 Å². The Morgan fingerprint density at radius 2 is 2.38 bits per heavy atom. The summed E-state index contributed by atoms with van der Waals surface area (Å²) in [6.07, 6.45) is 0.551. The first-order valence-electron chi connectivity index (χ1n) is 2.23. The molecular weight excluding hydrogens is 221 g/mol. The number of hydrogen-bond acceptors (Lipinski definition) is 2. The average Bonchev–Trinajstić information content (AvgIpc) is 1.67. The Morgan fingerprint density at radius 1 is 1.88 bits per heavy atom. The van der Waals surface area contributed by atoms with Gasteiger partial charge in [0.25, 0.3) is 0 Å². The third-order valence-electron chi connectivity index (χ3n) is 0.737. The molecule has 3 nitrogen and oxygen atoms in total. The van der Waals surface area contributed by atoms with Crippen LogP contribution in [0.4, 0.5) is 0 Å². The fourth-order valence-corrected chi connectivity index (χ4v) is 0.912. The molecule has 0 aromatic heterocycles. The Labute approximate surface area is 61.4 Å². The van der Waals surface area contributed by atoms with E-state index in [4.69, 9.17) is 10.8 Å². The number of hydrogen-bond donors (Lipinski definition) is 2. The Kier molecular flexibility index (Phi) is 4.16. The van der Waals surface area contributed by atoms with Crippen molar-refractivity contribution in [2.24, 2.45) is 5.73 Å². The van der Waals surface area contributed by atoms with Crippen LogP contribution in [-0.4, -0.2) is 21.5 Å². The van der Waals surface area contributed by atoms with Gasteiger partial charge in [-0.05, 0) is 6.42 Å². The van der Waals surface area contributed by atoms with E-state index in [1.807, 2.05) is 0 Å². The van der Waals surface area contributed by atoms with Crippen molar-refractivity contribution in [3.63, 3.8) is 0 Å². The molecule has 3 N–H and O–H groups in total. The van der Waals surface area contributed by atoms with Crippen molar-refractivity contribution in [2.45, 2.75) is 12.5 Å². The van der Waals surface area contributed by atoms with Crippen molar-refractivity contribution in [3.05, 3.63) is 0 Å². The van der Waals surface area contributed by atoms with Crippen LogP contribution >= 0.6 is 22.6 Å². The lowest BCUT2D eigenvalue weighted by molar-refractivity contribution is -0.138. The monoisotopic (exact) mass is 229 g/mol. The van der Waals surface area contributed by atoms with E-state index in [-0.39, 0.29) is 0 Å². The summed E-state index contributed by atoms with van der Waals surface area (Å²) in [5.74, 6) is -0.915. The fraction of sp³-hybridized carbons (Fsp3) is 0.750. The van der Waals surface area contributed by atoms with Crippen molar-refractivity contribution >= 4 is 28.6 Å². The molecule has 48 valence electrons. The van der Waals surface area contributed by atoms with E-state index < -0.39 is 12.0 Å². The number of alkyl halides is 1. The Hall–Kier alpha value is 0.160. The van der Waals surface area contributed by atoms with Crippen LogP contribution in [0.5, 0.6) is 0 Å². The molecule has 0 heterocycles. The Morgan fingerprint density at radius 3 is 2.50 bits per heavy atom. The molecule has 0 rings (SSSR count). The molecule has 0 aliphatic rings. The van der Waals surface area contributed by atoms with Crippen molar-refractivity contribution in [1.82, 2.24) is 0 Å². The molecule has 0 amide bonds. The summed E-state index contributed by atoms with van der Waals surface area (Å²) in [6, 6.07) is -0.674. The van der Waals surface area contributed by atoms with E-state index in [2.05, 4.69) is 22.6 Å². The third-order valence-corrected chi connectivity index (χ3v) is 1.36. The predicted molar refractivity (Wildman–Crippen MR) is 39.1 cm³/mol. The lowest BCUT2D eigenvalue weighted by atomic mass is 10.2. The van der Waals surface area contributed by atoms with Crippen molar-refractivity contribution in [3.8, 4) is 0 Å². The highest BCUT2D eigenvalue weighted by Gasteiger charge is 2.08. The minimum atomic E-state index is -0.915. The maximum absolute atomic E-state index is 9.96. The van der Waals surface area contributed by atoms with Gasteiger partial charge in [-0.3, -0.25) is 4.79 Å². The highest BCUT2D eigenvalue weighted by Crippen LogP contribution is 1.92. The summed E-state index contributed by atoms with van der Waals surface area (Å²) < 4.78 is 0.797. The molecule has 0 saturated carbocycles. The minimum Gasteiger partial charge on any atom is -0.480 e. The van der Waals surface area contributed by atoms with Gasteiger partial charge in [0.1, 0.15) is 6.04 Å². The molecular formula is C4H8INO2. The second-order valence-electron chi connectivity index (χ2n) is 1.42. The second-order valence-corrected chi connectivity index (χ2v) is 2.50. The lowest BCUT2D eigenvalue weighted by Crippen LogP contribution is -2.30. The van der Waals surface area contributed by atoms with E-state index in [0.717, 1.165) is 4.43 Å². The maximum Gasteiger partial charge on any atom is 0.320 e. The smallest absolute Gasteiger partial charge is 0.320 e. The second kappa shape index (κ2) is 4.08. The third kappa shape index (κ3) is 3.20. The summed E-state index contributed by atoms with van der Waals surface area (Å²) in [6.45, 7) is 0. The van der Waals surface area contributed by atoms with E-state index in [9.17, 15) is 4.79 Å². The number of carboxylic acids is 1. The number of aliphatic carboxylic acids is 1. The first-order chi connectivity index (χ1) is 3.68. The molecule has 0 aliphatic carbocycles. The van der Waals surface area contributed by atoms with Crippen molar-refractivity contribution < 1.29 is 9.90 Å². The first kappa shape index (κ1) is 8.16. The minimum absolute atomic E-state index is 0.551. The van der Waals surface area contributed by atoms with Gasteiger partial charge in [0.05, 0.1) is 0 Å². The van der Waals surface area contributed by atoms with Gasteiger partial charge in [0, 0.05) is 4.43 Å². The normalized spacial score (nSPS) is 13.2. The molecule has 0 fully saturated rings. The summed E-state index contributed by atoms with van der Waals surface area (Å²) in [4.78, 5) is 9.96. The summed E-state index contributed by atoms with van der Waals surface area (Å²) >= 11 is 2.09. The average molecular weight is 229 g/mol. The van der Waals surface area contributed by atoms with Gasteiger partial charge >= 0.3 is 5.97 Å². The van der Waals surface area contributed by atoms with Crippen LogP contribution in [0, 0.1) is 0 Å². The molecule has 1 atom stereocenters. The predicted octanol–water partition coefficient (Wildman–Crippen LogP) is 0.223. The number of rotatable bonds is 3. The zero-order valence-corrected chi connectivity index (χ0v) is 6.46. The van der Waals surface area contributed by atoms with Crippen LogP contribution in [0.15, 0.2) is 0 Å². The van der Waals surface area contributed by atoms with Crippen LogP contribution < -0.4 is 5.73 Å². The lowest BCUT2D eigenvalue weighted by Gasteiger charge is -1.99. The number of halogens is 1. The molecule has 0 spiro atoms. The van der Waals surface area contributed by atoms with E-state index in [0.29, 0.717) is 6.42 Å². The molecule has 0 aliphatic heterocycles. The van der Waals surface area contributed by atoms with Crippen molar-refractivity contribution in [2.75, 3.05) is 4.43 Å². The van der Waals surface area contributed by atoms with E-state index >= 15 is 0 Å². The molecule has 0 unspecified atom stereocenters. The maximum atomic E-state index is 9.96. The quantitative estimate of drug-likeness (QED) is 0.537. The molecule has 0 radical (unpaired) electrons. The molecule has 8 heavy (non-hydrogen) atoms. The van der Waals surface area contributed by atoms with Gasteiger partial charge < -0.3 is 10.8 Å². The number of carboxylic acid groups (broad SMARTS) is 1. The topological polar surface area (TPSA) is 63.3 Å². The molecule has 0 bridgehead atoms. The number of carbonyl (C=O) groups is 1. The number of nitrogens with two attached hydrogens (primary N) is 1. The fourth-order valence-electron chi connectivity index (χ4n) is 0.241. The SMILES string of the molecule is N[C@@H](CCI)C(=O)O. The zero-order chi connectivity index (χ0) is 6.57. The highest BCUT2D eigenvalue weighted by molar-refractivity contribution is 14.1. The van der Waals surface area contributed by atoms with Crippen LogP contribution in [0.3, 0.4) is 0 Å². The summed E-state index contributed by atoms with van der Waals surface area (Å²) in [5, 5.41) is 8.18. The molecule has 0 aromatic carbocycles. The van der Waals surface area contributed by atoms with E-state index in [1.165, 1.54) is 0 Å². The van der Waals surface area contributed by atoms with Gasteiger partial charge in [-0.15, -0.1) is 0 Å². The largest absolute Gasteiger partial charge is 0.480 e. The molecule has 4 heteroatoms. The first-order valence-corrected chi connectivity index (χ1v) is 3.75. The van der Waals surface area contributed by atoms with Gasteiger partial charge in [-0.25, -0.2) is 0 Å². The van der Waals surface area contributed by atoms with Gasteiger partial charge in [-0.2, -0.15) is 0 Å². The molecule has 0 aromatic rings. The Bertz CT molecular complexity index is 86.1. The van der Waals surface area contributed by atoms with Crippen LogP contribution in [0.1, 0.15) is 6.42 Å². The standard InChI is InChI=1S/C4H8INO2/c5-2-1-3(6)4(7)8/h3H,1-2,6H2,(H,7,8)/t3-/m0/s1.